The van der Waals surface area contributed by atoms with Crippen LogP contribution >= 0.6 is 50.8 Å². The Morgan fingerprint density at radius 2 is 0.762 bits per heavy atom. The first kappa shape index (κ1) is 98.0. The molecule has 0 radical (unpaired) electrons. The summed E-state index contributed by atoms with van der Waals surface area (Å²) in [5, 5.41) is 18.4. The van der Waals surface area contributed by atoms with Crippen LogP contribution < -0.4 is 31.8 Å². The van der Waals surface area contributed by atoms with Crippen LogP contribution in [-0.4, -0.2) is 147 Å². The minimum Gasteiger partial charge on any atom is -0.0622 e. The number of aryl methyl sites for hydroxylation is 2. The van der Waals surface area contributed by atoms with Gasteiger partial charge in [0.15, 0.2) is 11.3 Å². The van der Waals surface area contributed by atoms with Crippen LogP contribution in [0, 0.1) is 0 Å². The first-order valence-corrected chi connectivity index (χ1v) is 51.4. The van der Waals surface area contributed by atoms with Gasteiger partial charge in [0, 0.05) is 127 Å². The molecule has 662 valence electrons. The predicted octanol–water partition coefficient (Wildman–Crippen LogP) is 20.0. The van der Waals surface area contributed by atoms with Crippen molar-refractivity contribution in [2.75, 3.05) is 52.6 Å². The van der Waals surface area contributed by atoms with Crippen LogP contribution in [0.4, 0.5) is 0 Å². The fraction of sp³-hybridized carbons (Fsp3) is 0.273. The summed E-state index contributed by atoms with van der Waals surface area (Å²) < 4.78 is 83.2. The standard InChI is InChI=1S/C27H29N5O3S.2C18H15P.C17H13BrN4O2S.C16H28BNO3.3CH4.2ClH.Pd/c1-30-18-22(17-29-30)26-19-32(36(33,34)24-5-3-2-4-6-24)27-25(26)15-21(16-28-27)20-7-9-23(10-8-20)31-11-13-35-14-12-31;2*1-4-10-16(11-5-1)19(17-12-6-2-7-13-17)18-14-8-3-9-15-18;1-21-10-12(8-20-21)16-11-22(17-15(16)7-13(18)9-19-17)25(23,24)14-5-3-2-4-6-14;1-15(2)16(3,4)21-17(20-15)13-5-7-14(8-6-13)18-9-11-19-12-10-18;;;;;;/h2-7,15-19,23H,8-14H2,1H3;2*1-15H;2-11H,1H3;5,14H,6-12H2,1-4H3;3*1H4;2*1H;/q;;;;;;;;;;+2/p-2. The van der Waals surface area contributed by atoms with E-state index in [2.05, 4.69) is 269 Å². The number of allylic oxidation sites excluding steroid dienone is 2. The van der Waals surface area contributed by atoms with Crippen LogP contribution in [0.3, 0.4) is 0 Å². The molecule has 3 fully saturated rings. The molecule has 5 aliphatic rings. The fourth-order valence-electron chi connectivity index (χ4n) is 15.7. The van der Waals surface area contributed by atoms with Crippen molar-refractivity contribution in [3.63, 3.8) is 0 Å². The van der Waals surface area contributed by atoms with E-state index in [4.69, 9.17) is 42.8 Å². The molecule has 0 amide bonds. The molecular formula is C99H112BBrCl2N10O8P2PdS2. The van der Waals surface area contributed by atoms with Crippen molar-refractivity contribution in [2.45, 2.75) is 122 Å². The van der Waals surface area contributed by atoms with E-state index < -0.39 is 35.9 Å². The molecule has 0 bridgehead atoms. The maximum absolute atomic E-state index is 13.5. The summed E-state index contributed by atoms with van der Waals surface area (Å²) >= 11 is 3.30. The largest absolute Gasteiger partial charge is 0.0622 e. The molecule has 9 heterocycles. The van der Waals surface area contributed by atoms with Gasteiger partial charge in [-0.1, -0.05) is 253 Å². The Labute approximate surface area is 772 Å². The molecule has 6 aromatic heterocycles. The molecule has 0 N–H and O–H groups in total. The zero-order chi connectivity index (χ0) is 85.9. The predicted molar refractivity (Wildman–Crippen MR) is 524 cm³/mol. The van der Waals surface area contributed by atoms with Gasteiger partial charge in [-0.3, -0.25) is 19.2 Å². The van der Waals surface area contributed by atoms with E-state index >= 15 is 0 Å². The molecule has 2 atom stereocenters. The number of hydrogen-bond donors (Lipinski definition) is 0. The monoisotopic (exact) mass is 1960 g/mol. The van der Waals surface area contributed by atoms with E-state index in [1.807, 2.05) is 38.8 Å². The number of morpholine rings is 2. The van der Waals surface area contributed by atoms with Crippen LogP contribution in [0.15, 0.2) is 336 Å². The van der Waals surface area contributed by atoms with Crippen LogP contribution in [0.1, 0.15) is 94.1 Å². The van der Waals surface area contributed by atoms with E-state index in [1.165, 1.54) is 57.2 Å². The second-order valence-corrected chi connectivity index (χ2v) is 42.6. The molecule has 18 nitrogen and oxygen atoms in total. The zero-order valence-corrected chi connectivity index (χ0v) is 77.6. The quantitative estimate of drug-likeness (QED) is 0.0658. The van der Waals surface area contributed by atoms with Crippen molar-refractivity contribution < 1.29 is 51.6 Å². The van der Waals surface area contributed by atoms with Gasteiger partial charge < -0.3 is 18.8 Å². The van der Waals surface area contributed by atoms with Gasteiger partial charge in [-0.25, -0.2) is 34.7 Å². The topological polar surface area (TPSA) is 183 Å². The summed E-state index contributed by atoms with van der Waals surface area (Å²) in [7, 11) is 4.70. The molecule has 126 heavy (non-hydrogen) atoms. The number of fused-ring (bicyclic) bond motifs is 2. The summed E-state index contributed by atoms with van der Waals surface area (Å²) in [6.45, 7) is 16.0. The molecule has 8 aromatic carbocycles. The molecule has 14 aromatic rings. The summed E-state index contributed by atoms with van der Waals surface area (Å²) in [6, 6.07) is 86.6. The van der Waals surface area contributed by atoms with Crippen LogP contribution in [0.2, 0.25) is 0 Å². The molecule has 19 rings (SSSR count). The number of hydrogen-bond acceptors (Lipinski definition) is 14. The molecule has 3 saturated heterocycles. The van der Waals surface area contributed by atoms with Crippen LogP contribution in [-0.2, 0) is 68.9 Å². The number of ether oxygens (including phenoxy) is 2. The molecule has 2 aliphatic carbocycles. The average Bonchev–Trinajstić information content (AvgIpc) is 1.60. The SMILES string of the molecule is C.C.C.CC1(C)OB(C2=CCC(N3CCOCC3)CC2)OC1(C)C.Cn1cc(-c2cn(S(=O)(=O)c3ccccc3)c3ncc(Br)cc23)cn1.Cn1cc(-c2cn(S(=O)(=O)c3ccccc3)c3ncc(C4=CCC(N5CCOCC5)CC4)cc23)cn1.[Cl][Pd][Cl].c1ccc(P(c2ccccc2)c2ccccc2)cc1.c1ccc(P(c2ccccc2)c2ccccc2)cc1. The molecule has 2 unspecified atom stereocenters. The van der Waals surface area contributed by atoms with E-state index in [1.54, 1.807) is 101 Å². The normalized spacial score (nSPS) is 16.8. The summed E-state index contributed by atoms with van der Waals surface area (Å²) in [5.74, 6) is 0. The number of aromatic nitrogens is 8. The van der Waals surface area contributed by atoms with Gasteiger partial charge >= 0.3 is 42.1 Å². The summed E-state index contributed by atoms with van der Waals surface area (Å²) in [6.07, 6.45) is 25.0. The first-order valence-electron chi connectivity index (χ1n) is 41.1. The Morgan fingerprint density at radius 1 is 0.437 bits per heavy atom. The van der Waals surface area contributed by atoms with Crippen LogP contribution in [0.5, 0.6) is 0 Å². The van der Waals surface area contributed by atoms with E-state index in [9.17, 15) is 16.8 Å². The van der Waals surface area contributed by atoms with Gasteiger partial charge in [-0.15, -0.1) is 0 Å². The smallest absolute Gasteiger partial charge is 0.0134 e. The molecular weight excluding hydrogens is 1850 g/mol. The number of halogens is 3. The van der Waals surface area contributed by atoms with Crippen molar-refractivity contribution in [3.05, 3.63) is 332 Å². The molecule has 0 saturated carbocycles. The van der Waals surface area contributed by atoms with Gasteiger partial charge in [-0.05, 0) is 183 Å². The first-order chi connectivity index (χ1) is 59.7. The Balaban J connectivity index is 0.000000154. The third-order valence-electron chi connectivity index (χ3n) is 22.8. The average molecular weight is 1960 g/mol. The second kappa shape index (κ2) is 46.0. The number of nitrogens with zero attached hydrogens (tertiary/aromatic N) is 10. The van der Waals surface area contributed by atoms with Gasteiger partial charge in [-0.2, -0.15) is 10.2 Å². The van der Waals surface area contributed by atoms with Gasteiger partial charge in [0.05, 0.1) is 59.8 Å². The van der Waals surface area contributed by atoms with Gasteiger partial charge in [0.2, 0.25) is 0 Å². The third-order valence-corrected chi connectivity index (χ3v) is 31.4. The minimum atomic E-state index is -3.81. The maximum atomic E-state index is 13.5. The van der Waals surface area contributed by atoms with Gasteiger partial charge in [0.1, 0.15) is 0 Å². The Bertz CT molecular complexity index is 5750. The van der Waals surface area contributed by atoms with Crippen molar-refractivity contribution in [1.82, 2.24) is 47.3 Å². The summed E-state index contributed by atoms with van der Waals surface area (Å²) in [5.41, 5.74) is 7.22. The van der Waals surface area contributed by atoms with Gasteiger partial charge in [0.25, 0.3) is 20.0 Å². The Kier molecular flexibility index (Phi) is 35.8. The molecule has 27 heteroatoms. The van der Waals surface area contributed by atoms with E-state index in [0.717, 1.165) is 128 Å². The number of pyridine rings is 2. The Hall–Kier alpha value is -8.65. The fourth-order valence-corrected chi connectivity index (χ4v) is 23.3. The number of rotatable bonds is 16. The second-order valence-electron chi connectivity index (χ2n) is 31.2. The minimum absolute atomic E-state index is 0. The van der Waals surface area contributed by atoms with Crippen molar-refractivity contribution in [2.24, 2.45) is 14.1 Å². The Morgan fingerprint density at radius 3 is 1.08 bits per heavy atom. The van der Waals surface area contributed by atoms with Crippen molar-refractivity contribution in [1.29, 1.82) is 0 Å². The van der Waals surface area contributed by atoms with E-state index in [0.29, 0.717) is 23.4 Å². The van der Waals surface area contributed by atoms with E-state index in [-0.39, 0.29) is 66.3 Å². The zero-order valence-electron chi connectivity index (χ0n) is 69.6. The maximum Gasteiger partial charge on any atom is -0.0134 e. The third kappa shape index (κ3) is 24.1. The number of benzene rings is 8. The van der Waals surface area contributed by atoms with Crippen molar-refractivity contribution >= 4 is 137 Å². The molecule has 0 spiro atoms. The molecule has 3 aliphatic heterocycles. The van der Waals surface area contributed by atoms with Crippen LogP contribution in [0.25, 0.3) is 49.9 Å². The summed E-state index contributed by atoms with van der Waals surface area (Å²) in [4.78, 5) is 14.6. The van der Waals surface area contributed by atoms with Crippen molar-refractivity contribution in [3.8, 4) is 22.3 Å².